The van der Waals surface area contributed by atoms with Crippen LogP contribution in [0.25, 0.3) is 6.08 Å². The Bertz CT molecular complexity index is 751. The molecule has 6 nitrogen and oxygen atoms in total. The second kappa shape index (κ2) is 8.10. The molecule has 0 aromatic heterocycles. The van der Waals surface area contributed by atoms with Crippen LogP contribution in [0.4, 0.5) is 0 Å². The zero-order chi connectivity index (χ0) is 17.5. The molecule has 0 fully saturated rings. The number of carbonyl (C=O) groups is 1. The van der Waals surface area contributed by atoms with Crippen LogP contribution in [-0.4, -0.2) is 33.1 Å². The fourth-order valence-electron chi connectivity index (χ4n) is 2.20. The summed E-state index contributed by atoms with van der Waals surface area (Å²) in [6, 6.07) is 12.6. The van der Waals surface area contributed by atoms with Crippen molar-refractivity contribution in [1.82, 2.24) is 0 Å². The van der Waals surface area contributed by atoms with E-state index in [9.17, 15) is 4.79 Å². The summed E-state index contributed by atoms with van der Waals surface area (Å²) in [7, 11) is 1.60. The van der Waals surface area contributed by atoms with Crippen molar-refractivity contribution in [2.24, 2.45) is 0 Å². The van der Waals surface area contributed by atoms with Gasteiger partial charge in [-0.2, -0.15) is 0 Å². The Hall–Kier alpha value is -3.15. The zero-order valence-electron chi connectivity index (χ0n) is 13.8. The van der Waals surface area contributed by atoms with Gasteiger partial charge in [0.2, 0.25) is 6.79 Å². The maximum Gasteiger partial charge on any atom is 0.330 e. The Morgan fingerprint density at radius 3 is 2.60 bits per heavy atom. The van der Waals surface area contributed by atoms with Gasteiger partial charge < -0.3 is 23.7 Å². The third kappa shape index (κ3) is 4.67. The largest absolute Gasteiger partial charge is 0.497 e. The van der Waals surface area contributed by atoms with Gasteiger partial charge in [-0.3, -0.25) is 0 Å². The van der Waals surface area contributed by atoms with E-state index < -0.39 is 5.97 Å². The summed E-state index contributed by atoms with van der Waals surface area (Å²) < 4.78 is 26.2. The van der Waals surface area contributed by atoms with Crippen LogP contribution in [0.5, 0.6) is 23.0 Å². The van der Waals surface area contributed by atoms with Crippen molar-refractivity contribution >= 4 is 12.0 Å². The van der Waals surface area contributed by atoms with E-state index in [1.165, 1.54) is 6.08 Å². The lowest BCUT2D eigenvalue weighted by Gasteiger charge is -2.07. The van der Waals surface area contributed by atoms with Gasteiger partial charge in [-0.1, -0.05) is 6.07 Å². The monoisotopic (exact) mass is 342 g/mol. The van der Waals surface area contributed by atoms with Crippen LogP contribution in [0.15, 0.2) is 48.5 Å². The van der Waals surface area contributed by atoms with Gasteiger partial charge in [0, 0.05) is 6.08 Å². The minimum absolute atomic E-state index is 0.163. The average Bonchev–Trinajstić information content (AvgIpc) is 3.12. The summed E-state index contributed by atoms with van der Waals surface area (Å²) >= 11 is 0. The van der Waals surface area contributed by atoms with Gasteiger partial charge in [0.25, 0.3) is 0 Å². The Kier molecular flexibility index (Phi) is 5.41. The first-order valence-corrected chi connectivity index (χ1v) is 7.76. The van der Waals surface area contributed by atoms with Crippen LogP contribution in [0, 0.1) is 0 Å². The molecule has 0 aliphatic carbocycles. The molecular weight excluding hydrogens is 324 g/mol. The van der Waals surface area contributed by atoms with Gasteiger partial charge in [-0.25, -0.2) is 4.79 Å². The standard InChI is InChI=1S/C19H18O6/c1-21-15-4-6-16(7-5-15)22-10-11-23-19(20)9-3-14-2-8-17-18(12-14)25-13-24-17/h2-9,12H,10-11,13H2,1H3/b9-3+. The molecular formula is C19H18O6. The van der Waals surface area contributed by atoms with Gasteiger partial charge in [0.05, 0.1) is 7.11 Å². The molecule has 0 atom stereocenters. The number of hydrogen-bond acceptors (Lipinski definition) is 6. The minimum atomic E-state index is -0.434. The number of carbonyl (C=O) groups excluding carboxylic acids is 1. The fourth-order valence-corrected chi connectivity index (χ4v) is 2.20. The molecule has 3 rings (SSSR count). The SMILES string of the molecule is COc1ccc(OCCOC(=O)/C=C/c2ccc3c(c2)OCO3)cc1. The molecule has 0 unspecified atom stereocenters. The average molecular weight is 342 g/mol. The van der Waals surface area contributed by atoms with E-state index in [0.29, 0.717) is 17.2 Å². The van der Waals surface area contributed by atoms with Gasteiger partial charge in [0.1, 0.15) is 24.7 Å². The van der Waals surface area contributed by atoms with Crippen LogP contribution in [0.3, 0.4) is 0 Å². The molecule has 130 valence electrons. The normalized spacial score (nSPS) is 12.2. The minimum Gasteiger partial charge on any atom is -0.497 e. The van der Waals surface area contributed by atoms with Crippen molar-refractivity contribution in [3.05, 3.63) is 54.1 Å². The molecule has 2 aromatic carbocycles. The Balaban J connectivity index is 1.40. The number of hydrogen-bond donors (Lipinski definition) is 0. The summed E-state index contributed by atoms with van der Waals surface area (Å²) in [6.07, 6.45) is 3.03. The van der Waals surface area contributed by atoms with E-state index >= 15 is 0 Å². The molecule has 25 heavy (non-hydrogen) atoms. The fraction of sp³-hybridized carbons (Fsp3) is 0.211. The predicted molar refractivity (Wildman–Crippen MR) is 91.0 cm³/mol. The zero-order valence-corrected chi connectivity index (χ0v) is 13.8. The third-order valence-electron chi connectivity index (χ3n) is 3.46. The first-order chi connectivity index (χ1) is 12.2. The van der Waals surface area contributed by atoms with Crippen molar-refractivity contribution in [2.75, 3.05) is 27.1 Å². The summed E-state index contributed by atoms with van der Waals surface area (Å²) in [5, 5.41) is 0. The number of benzene rings is 2. The maximum absolute atomic E-state index is 11.7. The molecule has 0 radical (unpaired) electrons. The molecule has 0 amide bonds. The molecule has 2 aromatic rings. The van der Waals surface area contributed by atoms with E-state index in [0.717, 1.165) is 11.3 Å². The highest BCUT2D eigenvalue weighted by Crippen LogP contribution is 2.32. The van der Waals surface area contributed by atoms with Crippen LogP contribution in [0.2, 0.25) is 0 Å². The van der Waals surface area contributed by atoms with Crippen molar-refractivity contribution in [3.63, 3.8) is 0 Å². The Morgan fingerprint density at radius 1 is 1.04 bits per heavy atom. The Morgan fingerprint density at radius 2 is 1.80 bits per heavy atom. The quantitative estimate of drug-likeness (QED) is 0.438. The predicted octanol–water partition coefficient (Wildman–Crippen LogP) is 3.06. The Labute approximate surface area is 145 Å². The molecule has 1 heterocycles. The van der Waals surface area contributed by atoms with Gasteiger partial charge in [-0.05, 0) is 48.0 Å². The van der Waals surface area contributed by atoms with Crippen LogP contribution in [-0.2, 0) is 9.53 Å². The van der Waals surface area contributed by atoms with Crippen LogP contribution in [0.1, 0.15) is 5.56 Å². The number of esters is 1. The van der Waals surface area contributed by atoms with Crippen LogP contribution < -0.4 is 18.9 Å². The highest BCUT2D eigenvalue weighted by Gasteiger charge is 2.12. The van der Waals surface area contributed by atoms with Crippen molar-refractivity contribution in [3.8, 4) is 23.0 Å². The lowest BCUT2D eigenvalue weighted by Crippen LogP contribution is -2.10. The van der Waals surface area contributed by atoms with Gasteiger partial charge in [-0.15, -0.1) is 0 Å². The molecule has 0 N–H and O–H groups in total. The van der Waals surface area contributed by atoms with Crippen molar-refractivity contribution < 1.29 is 28.5 Å². The lowest BCUT2D eigenvalue weighted by atomic mass is 10.2. The van der Waals surface area contributed by atoms with Gasteiger partial charge >= 0.3 is 5.97 Å². The van der Waals surface area contributed by atoms with Gasteiger partial charge in [0.15, 0.2) is 11.5 Å². The molecule has 1 aliphatic heterocycles. The van der Waals surface area contributed by atoms with Crippen LogP contribution >= 0.6 is 0 Å². The maximum atomic E-state index is 11.7. The second-order valence-electron chi connectivity index (χ2n) is 5.14. The topological polar surface area (TPSA) is 63.2 Å². The highest BCUT2D eigenvalue weighted by molar-refractivity contribution is 5.87. The molecule has 0 spiro atoms. The smallest absolute Gasteiger partial charge is 0.330 e. The molecule has 6 heteroatoms. The van der Waals surface area contributed by atoms with E-state index in [4.69, 9.17) is 23.7 Å². The number of rotatable bonds is 7. The molecule has 0 bridgehead atoms. The van der Waals surface area contributed by atoms with E-state index in [2.05, 4.69) is 0 Å². The summed E-state index contributed by atoms with van der Waals surface area (Å²) in [4.78, 5) is 11.7. The van der Waals surface area contributed by atoms with Crippen molar-refractivity contribution in [1.29, 1.82) is 0 Å². The summed E-state index contributed by atoms with van der Waals surface area (Å²) in [5.74, 6) is 2.38. The third-order valence-corrected chi connectivity index (χ3v) is 3.46. The first-order valence-electron chi connectivity index (χ1n) is 7.76. The van der Waals surface area contributed by atoms with E-state index in [1.54, 1.807) is 49.6 Å². The van der Waals surface area contributed by atoms with Crippen molar-refractivity contribution in [2.45, 2.75) is 0 Å². The second-order valence-corrected chi connectivity index (χ2v) is 5.14. The number of methoxy groups -OCH3 is 1. The molecule has 1 aliphatic rings. The highest BCUT2D eigenvalue weighted by atomic mass is 16.7. The first kappa shape index (κ1) is 16.7. The molecule has 0 saturated heterocycles. The number of ether oxygens (including phenoxy) is 5. The van der Waals surface area contributed by atoms with E-state index in [1.807, 2.05) is 6.07 Å². The summed E-state index contributed by atoms with van der Waals surface area (Å²) in [6.45, 7) is 0.658. The number of fused-ring (bicyclic) bond motifs is 1. The van der Waals surface area contributed by atoms with E-state index in [-0.39, 0.29) is 20.0 Å². The molecule has 0 saturated carbocycles. The summed E-state index contributed by atoms with van der Waals surface area (Å²) in [5.41, 5.74) is 0.829. The lowest BCUT2D eigenvalue weighted by molar-refractivity contribution is -0.138.